The van der Waals surface area contributed by atoms with E-state index in [9.17, 15) is 36.8 Å². The van der Waals surface area contributed by atoms with Crippen molar-refractivity contribution in [2.75, 3.05) is 0 Å². The van der Waals surface area contributed by atoms with Crippen LogP contribution in [0.15, 0.2) is 158 Å². The molecule has 0 saturated heterocycles. The summed E-state index contributed by atoms with van der Waals surface area (Å²) in [5.74, 6) is 0. The molecule has 418 valence electrons. The lowest BCUT2D eigenvalue weighted by Crippen LogP contribution is -2.11. The second-order valence-corrected chi connectivity index (χ2v) is 20.6. The molecule has 0 fully saturated rings. The number of alkyl halides is 3. The Labute approximate surface area is 520 Å². The first kappa shape index (κ1) is 57.4. The van der Waals surface area contributed by atoms with Gasteiger partial charge in [0.1, 0.15) is 0 Å². The van der Waals surface area contributed by atoms with E-state index in [-0.39, 0.29) is 112 Å². The Morgan fingerprint density at radius 2 is 0.685 bits per heavy atom. The summed E-state index contributed by atoms with van der Waals surface area (Å²) in [5.41, 5.74) is 1.89. The van der Waals surface area contributed by atoms with E-state index in [4.69, 9.17) is 39.4 Å². The number of halogens is 3. The van der Waals surface area contributed by atoms with Crippen LogP contribution in [0.25, 0.3) is 140 Å². The van der Waals surface area contributed by atoms with Gasteiger partial charge in [-0.15, -0.1) is 0 Å². The maximum Gasteiger partial charge on any atom is 0.417 e. The lowest BCUT2D eigenvalue weighted by Gasteiger charge is -2.23. The molecule has 0 N–H and O–H groups in total. The van der Waals surface area contributed by atoms with Crippen LogP contribution in [0.2, 0.25) is 0 Å². The molecular formula is C74H26F3N15. The summed E-state index contributed by atoms with van der Waals surface area (Å²) >= 11 is 0. The summed E-state index contributed by atoms with van der Waals surface area (Å²) in [4.78, 5) is 21.6. The quantitative estimate of drug-likeness (QED) is 0.141. The van der Waals surface area contributed by atoms with Crippen LogP contribution in [0.4, 0.5) is 47.3 Å². The Hall–Kier alpha value is -15.0. The van der Waals surface area contributed by atoms with Crippen molar-refractivity contribution in [3.05, 3.63) is 271 Å². The number of rotatable bonds is 7. The van der Waals surface area contributed by atoms with Crippen molar-refractivity contribution in [3.8, 4) is 109 Å². The third-order valence-electron chi connectivity index (χ3n) is 15.8. The lowest BCUT2D eigenvalue weighted by molar-refractivity contribution is -0.137. The molecule has 0 radical (unpaired) electrons. The Morgan fingerprint density at radius 1 is 0.326 bits per heavy atom. The van der Waals surface area contributed by atoms with E-state index >= 15 is 13.2 Å². The largest absolute Gasteiger partial charge is 0.417 e. The molecule has 15 nitrogen and oxygen atoms in total. The predicted octanol–water partition coefficient (Wildman–Crippen LogP) is 19.6. The fourth-order valence-corrected chi connectivity index (χ4v) is 12.1. The van der Waals surface area contributed by atoms with E-state index in [0.29, 0.717) is 65.9 Å². The molecule has 0 saturated carbocycles. The van der Waals surface area contributed by atoms with Gasteiger partial charge < -0.3 is 9.13 Å². The zero-order chi connectivity index (χ0) is 64.9. The zero-order valence-corrected chi connectivity index (χ0v) is 46.9. The Bertz CT molecular complexity index is 5560. The van der Waals surface area contributed by atoms with Gasteiger partial charge in [0.25, 0.3) is 0 Å². The smallest absolute Gasteiger partial charge is 0.309 e. The topological polar surface area (TPSA) is 203 Å². The third kappa shape index (κ3) is 9.13. The highest BCUT2D eigenvalue weighted by atomic mass is 19.4. The molecule has 0 aliphatic heterocycles. The van der Waals surface area contributed by atoms with E-state index < -0.39 is 17.3 Å². The van der Waals surface area contributed by atoms with Gasteiger partial charge >= 0.3 is 6.18 Å². The highest BCUT2D eigenvalue weighted by molar-refractivity contribution is 6.15. The van der Waals surface area contributed by atoms with Gasteiger partial charge in [-0.2, -0.15) is 50.0 Å². The second-order valence-electron chi connectivity index (χ2n) is 20.6. The molecule has 0 aliphatic carbocycles. The molecule has 18 heteroatoms. The average Bonchev–Trinajstić information content (AvgIpc) is 1.53. The molecular weight excluding hydrogens is 1160 g/mol. The van der Waals surface area contributed by atoms with Crippen molar-refractivity contribution in [1.29, 1.82) is 36.8 Å². The number of hydrogen-bond donors (Lipinski definition) is 0. The van der Waals surface area contributed by atoms with Crippen LogP contribution < -0.4 is 0 Å². The van der Waals surface area contributed by atoms with E-state index in [1.54, 1.807) is 81.9 Å². The number of nitrogens with zero attached hydrogens (tertiary/aromatic N) is 15. The van der Waals surface area contributed by atoms with Gasteiger partial charge in [0.2, 0.25) is 0 Å². The molecule has 12 rings (SSSR count). The number of aromatic nitrogens is 2. The minimum Gasteiger partial charge on any atom is -0.309 e. The van der Waals surface area contributed by atoms with Gasteiger partial charge in [-0.1, -0.05) is 42.5 Å². The molecule has 0 atom stereocenters. The first-order valence-corrected chi connectivity index (χ1v) is 27.0. The van der Waals surface area contributed by atoms with Crippen molar-refractivity contribution < 1.29 is 13.2 Å². The van der Waals surface area contributed by atoms with Crippen LogP contribution in [-0.4, -0.2) is 9.13 Å². The Morgan fingerprint density at radius 3 is 1.02 bits per heavy atom. The average molecular weight is 1180 g/mol. The summed E-state index contributed by atoms with van der Waals surface area (Å²) in [6, 6.07) is 52.9. The highest BCUT2D eigenvalue weighted by Gasteiger charge is 2.37. The SMILES string of the molecule is [C-]#[N+]c1cc(C#N)c(-c2ccc3c(c2)c2cc(-c4c(C#N)cc(C#N)cc4[N+]#[C-])ccc2n3-c2ccc(C#N)cc2-c2c(-n3c4ccc(-c5c(C#N)cc(C#N)cc5[N+]#[C-])cc4c4cc(-c5c(C#N)cc([N+]#[C-])cc5[N+]#[C-])ccc43)cccc2C(F)(F)F)c([N+]#[C-])c1. The van der Waals surface area contributed by atoms with Crippen molar-refractivity contribution in [2.45, 2.75) is 6.18 Å². The predicted molar refractivity (Wildman–Crippen MR) is 338 cm³/mol. The molecule has 2 aromatic heterocycles. The molecule has 0 spiro atoms. The highest BCUT2D eigenvalue weighted by Crippen LogP contribution is 2.50. The maximum absolute atomic E-state index is 16.4. The maximum atomic E-state index is 16.4. The van der Waals surface area contributed by atoms with Gasteiger partial charge in [0.05, 0.1) is 138 Å². The van der Waals surface area contributed by atoms with Gasteiger partial charge in [0.15, 0.2) is 34.1 Å². The molecule has 0 bridgehead atoms. The molecule has 0 amide bonds. The fraction of sp³-hybridized carbons (Fsp3) is 0.0135. The normalized spacial score (nSPS) is 10.6. The monoisotopic (exact) mass is 1180 g/mol. The van der Waals surface area contributed by atoms with Crippen LogP contribution >= 0.6 is 0 Å². The van der Waals surface area contributed by atoms with E-state index in [0.717, 1.165) is 6.07 Å². The van der Waals surface area contributed by atoms with E-state index in [2.05, 4.69) is 59.4 Å². The van der Waals surface area contributed by atoms with E-state index in [1.165, 1.54) is 78.9 Å². The first-order chi connectivity index (χ1) is 44.6. The molecule has 10 aromatic carbocycles. The summed E-state index contributed by atoms with van der Waals surface area (Å²) < 4.78 is 52.6. The van der Waals surface area contributed by atoms with Crippen molar-refractivity contribution >= 4 is 77.7 Å². The molecule has 0 unspecified atom stereocenters. The molecule has 92 heavy (non-hydrogen) atoms. The number of nitriles is 7. The minimum absolute atomic E-state index is 0.00149. The van der Waals surface area contributed by atoms with Crippen LogP contribution in [0.5, 0.6) is 0 Å². The van der Waals surface area contributed by atoms with Crippen molar-refractivity contribution in [3.63, 3.8) is 0 Å². The van der Waals surface area contributed by atoms with Crippen LogP contribution in [0, 0.1) is 119 Å². The lowest BCUT2D eigenvalue weighted by atomic mass is 9.93. The summed E-state index contributed by atoms with van der Waals surface area (Å²) in [6.07, 6.45) is -5.10. The molecule has 2 heterocycles. The van der Waals surface area contributed by atoms with Gasteiger partial charge in [0, 0.05) is 77.2 Å². The molecule has 0 aliphatic rings. The van der Waals surface area contributed by atoms with Gasteiger partial charge in [-0.05, 0) is 138 Å². The Balaban J connectivity index is 1.21. The Kier molecular flexibility index (Phi) is 14.0. The van der Waals surface area contributed by atoms with Crippen molar-refractivity contribution in [2.24, 2.45) is 0 Å². The van der Waals surface area contributed by atoms with Gasteiger partial charge in [-0.25, -0.2) is 29.1 Å². The third-order valence-corrected chi connectivity index (χ3v) is 15.8. The number of hydrogen-bond acceptors (Lipinski definition) is 7. The van der Waals surface area contributed by atoms with Crippen LogP contribution in [0.1, 0.15) is 44.5 Å². The van der Waals surface area contributed by atoms with Gasteiger partial charge in [-0.3, -0.25) is 0 Å². The molecule has 12 aromatic rings. The summed E-state index contributed by atoms with van der Waals surface area (Å²) in [7, 11) is 0. The van der Waals surface area contributed by atoms with Crippen LogP contribution in [0.3, 0.4) is 0 Å². The van der Waals surface area contributed by atoms with E-state index in [1.807, 2.05) is 12.1 Å². The minimum atomic E-state index is -5.10. The second kappa shape index (κ2) is 22.4. The number of benzene rings is 10. The standard InChI is InChI=1S/C74H26F3N15/c1-85-51-25-49(38-83)71(61(31-51)89-5)45-12-17-64-54(29-45)53-27-43(69-47(36-81)20-41(34-79)23-59(69)87-3)11-16-63(53)91(64)67-15-10-40(33-78)22-57(67)73-58(74(75,76)77)8-7-9-68(73)92-65-18-13-44(70-48(37-82)21-42(35-80)24-60(70)88-4)28-55(65)56-30-46(14-19-66(56)92)72-50(39-84)26-52(86-2)32-62(72)90-6/h7-32H. The first-order valence-electron chi connectivity index (χ1n) is 27.0. The van der Waals surface area contributed by atoms with Crippen LogP contribution in [-0.2, 0) is 6.18 Å². The number of fused-ring (bicyclic) bond motifs is 6. The van der Waals surface area contributed by atoms with Crippen molar-refractivity contribution in [1.82, 2.24) is 9.13 Å². The zero-order valence-electron chi connectivity index (χ0n) is 46.9. The summed E-state index contributed by atoms with van der Waals surface area (Å²) in [6.45, 7) is 47.8. The fourth-order valence-electron chi connectivity index (χ4n) is 12.1. The summed E-state index contributed by atoms with van der Waals surface area (Å²) in [5, 5.41) is 73.7.